The summed E-state index contributed by atoms with van der Waals surface area (Å²) in [6, 6.07) is 0. The van der Waals surface area contributed by atoms with Crippen LogP contribution in [-0.4, -0.2) is 39.1 Å². The largest absolute Gasteiger partial charge is 0.476 e. The Bertz CT molecular complexity index is 732. The van der Waals surface area contributed by atoms with E-state index in [9.17, 15) is 18.0 Å². The van der Waals surface area contributed by atoms with Gasteiger partial charge in [-0.1, -0.05) is 0 Å². The number of carbonyl (C=O) groups is 1. The molecule has 1 atom stereocenters. The Kier molecular flexibility index (Phi) is 4.39. The van der Waals surface area contributed by atoms with Crippen LogP contribution in [0.1, 0.15) is 39.9 Å². The highest BCUT2D eigenvalue weighted by Gasteiger charge is 2.35. The summed E-state index contributed by atoms with van der Waals surface area (Å²) >= 11 is 1.02. The number of alkyl halides is 3. The van der Waals surface area contributed by atoms with Crippen molar-refractivity contribution in [2.24, 2.45) is 0 Å². The van der Waals surface area contributed by atoms with Gasteiger partial charge in [0.15, 0.2) is 11.4 Å². The van der Waals surface area contributed by atoms with Crippen molar-refractivity contribution in [2.45, 2.75) is 24.9 Å². The van der Waals surface area contributed by atoms with E-state index < -0.39 is 17.8 Å². The molecule has 0 aliphatic carbocycles. The van der Waals surface area contributed by atoms with Crippen molar-refractivity contribution in [3.8, 4) is 0 Å². The number of rotatable bonds is 3. The first-order chi connectivity index (χ1) is 11.3. The molecule has 1 fully saturated rings. The molecule has 0 spiro atoms. The molecule has 10 heteroatoms. The molecule has 1 unspecified atom stereocenters. The van der Waals surface area contributed by atoms with E-state index in [0.29, 0.717) is 23.9 Å². The predicted molar refractivity (Wildman–Crippen MR) is 80.3 cm³/mol. The predicted octanol–water partition coefficient (Wildman–Crippen LogP) is 3.03. The summed E-state index contributed by atoms with van der Waals surface area (Å²) in [6.07, 6.45) is -0.349. The quantitative estimate of drug-likeness (QED) is 0.909. The average Bonchev–Trinajstić information content (AvgIpc) is 3.05. The van der Waals surface area contributed by atoms with Gasteiger partial charge >= 0.3 is 12.1 Å². The zero-order valence-corrected chi connectivity index (χ0v) is 13.1. The summed E-state index contributed by atoms with van der Waals surface area (Å²) in [5, 5.41) is 10.3. The Labute approximate surface area is 139 Å². The minimum atomic E-state index is -4.43. The molecule has 1 aliphatic heterocycles. The number of halogens is 3. The number of piperidine rings is 1. The summed E-state index contributed by atoms with van der Waals surface area (Å²) in [6.45, 7) is 1.17. The van der Waals surface area contributed by atoms with Gasteiger partial charge in [0, 0.05) is 24.4 Å². The second-order valence-electron chi connectivity index (χ2n) is 5.42. The number of aromatic nitrogens is 3. The molecule has 0 saturated carbocycles. The van der Waals surface area contributed by atoms with E-state index in [0.717, 1.165) is 29.6 Å². The third-order valence-electron chi connectivity index (χ3n) is 3.76. The highest BCUT2D eigenvalue weighted by atomic mass is 32.1. The molecule has 1 aliphatic rings. The van der Waals surface area contributed by atoms with Crippen LogP contribution in [0.5, 0.6) is 0 Å². The molecule has 2 aromatic rings. The second-order valence-corrected chi connectivity index (χ2v) is 6.31. The highest BCUT2D eigenvalue weighted by molar-refractivity contribution is 7.09. The lowest BCUT2D eigenvalue weighted by Crippen LogP contribution is -2.35. The molecular formula is C14H13F3N4O2S. The lowest BCUT2D eigenvalue weighted by molar-refractivity contribution is -0.140. The molecule has 0 amide bonds. The molecule has 3 heterocycles. The smallest absolute Gasteiger partial charge is 0.434 e. The number of anilines is 1. The molecule has 1 saturated heterocycles. The highest BCUT2D eigenvalue weighted by Crippen LogP contribution is 2.35. The Balaban J connectivity index is 1.74. The Hall–Kier alpha value is -2.23. The molecule has 1 N–H and O–H groups in total. The monoisotopic (exact) mass is 358 g/mol. The van der Waals surface area contributed by atoms with Gasteiger partial charge < -0.3 is 10.0 Å². The van der Waals surface area contributed by atoms with Crippen molar-refractivity contribution in [3.05, 3.63) is 34.2 Å². The maximum Gasteiger partial charge on any atom is 0.434 e. The number of carboxylic acids is 1. The van der Waals surface area contributed by atoms with Crippen molar-refractivity contribution in [1.29, 1.82) is 0 Å². The van der Waals surface area contributed by atoms with Crippen LogP contribution in [0.25, 0.3) is 0 Å². The Morgan fingerprint density at radius 2 is 2.12 bits per heavy atom. The van der Waals surface area contributed by atoms with E-state index in [1.807, 2.05) is 4.90 Å². The van der Waals surface area contributed by atoms with Gasteiger partial charge in [0.05, 0.1) is 17.4 Å². The first-order valence-corrected chi connectivity index (χ1v) is 8.05. The van der Waals surface area contributed by atoms with Crippen molar-refractivity contribution in [3.63, 3.8) is 0 Å². The minimum Gasteiger partial charge on any atom is -0.476 e. The van der Waals surface area contributed by atoms with Gasteiger partial charge in [-0.05, 0) is 12.8 Å². The zero-order chi connectivity index (χ0) is 17.3. The maximum absolute atomic E-state index is 12.7. The maximum atomic E-state index is 12.7. The van der Waals surface area contributed by atoms with E-state index in [1.165, 1.54) is 12.4 Å². The molecule has 6 nitrogen and oxygen atoms in total. The molecule has 24 heavy (non-hydrogen) atoms. The standard InChI is InChI=1S/C14H13F3N4O2S/c15-14(16,17)10-7-24-12(20-10)8-2-1-3-21(6-8)11-5-18-9(4-19-11)13(22)23/h4-5,7-8H,1-3,6H2,(H,22,23). The summed E-state index contributed by atoms with van der Waals surface area (Å²) in [5.41, 5.74) is -1.01. The number of hydrogen-bond donors (Lipinski definition) is 1. The normalized spacial score (nSPS) is 18.6. The van der Waals surface area contributed by atoms with Crippen molar-refractivity contribution >= 4 is 23.1 Å². The number of aromatic carboxylic acids is 1. The minimum absolute atomic E-state index is 0.110. The lowest BCUT2D eigenvalue weighted by atomic mass is 9.99. The van der Waals surface area contributed by atoms with Crippen LogP contribution >= 0.6 is 11.3 Å². The van der Waals surface area contributed by atoms with Gasteiger partial charge in [0.2, 0.25) is 0 Å². The van der Waals surface area contributed by atoms with Gasteiger partial charge in [-0.15, -0.1) is 11.3 Å². The number of thiazole rings is 1. The molecule has 0 radical (unpaired) electrons. The van der Waals surface area contributed by atoms with Gasteiger partial charge in [0.1, 0.15) is 5.82 Å². The van der Waals surface area contributed by atoms with Gasteiger partial charge in [-0.3, -0.25) is 0 Å². The van der Waals surface area contributed by atoms with Crippen LogP contribution in [0, 0.1) is 0 Å². The Morgan fingerprint density at radius 3 is 2.71 bits per heavy atom. The average molecular weight is 358 g/mol. The number of hydrogen-bond acceptors (Lipinski definition) is 6. The van der Waals surface area contributed by atoms with Crippen LogP contribution < -0.4 is 4.90 Å². The molecule has 128 valence electrons. The van der Waals surface area contributed by atoms with Gasteiger partial charge in [-0.2, -0.15) is 13.2 Å². The first-order valence-electron chi connectivity index (χ1n) is 7.17. The summed E-state index contributed by atoms with van der Waals surface area (Å²) in [7, 11) is 0. The van der Waals surface area contributed by atoms with E-state index in [4.69, 9.17) is 5.11 Å². The number of nitrogens with zero attached hydrogens (tertiary/aromatic N) is 4. The molecule has 2 aromatic heterocycles. The van der Waals surface area contributed by atoms with Crippen LogP contribution in [-0.2, 0) is 6.18 Å². The van der Waals surface area contributed by atoms with Gasteiger partial charge in [-0.25, -0.2) is 19.7 Å². The fourth-order valence-corrected chi connectivity index (χ4v) is 3.54. The molecule has 3 rings (SSSR count). The first kappa shape index (κ1) is 16.6. The summed E-state index contributed by atoms with van der Waals surface area (Å²) in [4.78, 5) is 24.3. The van der Waals surface area contributed by atoms with E-state index in [1.54, 1.807) is 0 Å². The van der Waals surface area contributed by atoms with Crippen LogP contribution in [0.2, 0.25) is 0 Å². The second kappa shape index (κ2) is 6.34. The van der Waals surface area contributed by atoms with E-state index in [-0.39, 0.29) is 11.6 Å². The van der Waals surface area contributed by atoms with Gasteiger partial charge in [0.25, 0.3) is 0 Å². The third kappa shape index (κ3) is 3.48. The SMILES string of the molecule is O=C(O)c1cnc(N2CCCC(c3nc(C(F)(F)F)cs3)C2)cn1. The van der Waals surface area contributed by atoms with Crippen molar-refractivity contribution in [2.75, 3.05) is 18.0 Å². The molecular weight excluding hydrogens is 345 g/mol. The Morgan fingerprint density at radius 1 is 1.33 bits per heavy atom. The topological polar surface area (TPSA) is 79.2 Å². The van der Waals surface area contributed by atoms with E-state index >= 15 is 0 Å². The molecule has 0 bridgehead atoms. The van der Waals surface area contributed by atoms with E-state index in [2.05, 4.69) is 15.0 Å². The number of carboxylic acid groups (broad SMARTS) is 1. The summed E-state index contributed by atoms with van der Waals surface area (Å²) in [5.74, 6) is -0.758. The fourth-order valence-electron chi connectivity index (χ4n) is 2.59. The van der Waals surface area contributed by atoms with Crippen molar-refractivity contribution in [1.82, 2.24) is 15.0 Å². The zero-order valence-electron chi connectivity index (χ0n) is 12.3. The molecule has 0 aromatic carbocycles. The fraction of sp³-hybridized carbons (Fsp3) is 0.429. The van der Waals surface area contributed by atoms with Crippen LogP contribution in [0.3, 0.4) is 0 Å². The lowest BCUT2D eigenvalue weighted by Gasteiger charge is -2.32. The van der Waals surface area contributed by atoms with Crippen LogP contribution in [0.15, 0.2) is 17.8 Å². The third-order valence-corrected chi connectivity index (χ3v) is 4.77. The summed E-state index contributed by atoms with van der Waals surface area (Å²) < 4.78 is 38.0. The van der Waals surface area contributed by atoms with Crippen LogP contribution in [0.4, 0.5) is 19.0 Å². The van der Waals surface area contributed by atoms with Crippen molar-refractivity contribution < 1.29 is 23.1 Å².